The van der Waals surface area contributed by atoms with Gasteiger partial charge in [0.2, 0.25) is 0 Å². The maximum Gasteiger partial charge on any atom is 0.195 e. The van der Waals surface area contributed by atoms with Crippen molar-refractivity contribution >= 4 is 51.0 Å². The Balaban J connectivity index is 1.90. The molecule has 24 heavy (non-hydrogen) atoms. The van der Waals surface area contributed by atoms with Gasteiger partial charge in [-0.25, -0.2) is 9.97 Å². The molecule has 1 fully saturated rings. The third-order valence-electron chi connectivity index (χ3n) is 4.61. The summed E-state index contributed by atoms with van der Waals surface area (Å²) >= 11 is 8.54. The van der Waals surface area contributed by atoms with Crippen LogP contribution in [-0.4, -0.2) is 20.3 Å². The second-order valence-electron chi connectivity index (χ2n) is 6.09. The molecule has 0 saturated heterocycles. The van der Waals surface area contributed by atoms with Crippen molar-refractivity contribution in [1.29, 1.82) is 0 Å². The van der Waals surface area contributed by atoms with Gasteiger partial charge in [0.05, 0.1) is 10.9 Å². The molecule has 2 aromatic heterocycles. The van der Waals surface area contributed by atoms with E-state index in [2.05, 4.69) is 37.1 Å². The molecule has 1 aliphatic rings. The number of aromatic nitrogens is 3. The number of carbonyl (C=O) groups excluding carboxylic acids is 1. The summed E-state index contributed by atoms with van der Waals surface area (Å²) in [5.74, 6) is -0.0352. The van der Waals surface area contributed by atoms with E-state index < -0.39 is 0 Å². The number of fused-ring (bicyclic) bond motifs is 1. The third kappa shape index (κ3) is 2.73. The highest BCUT2D eigenvalue weighted by Gasteiger charge is 2.25. The van der Waals surface area contributed by atoms with Gasteiger partial charge < -0.3 is 4.57 Å². The predicted molar refractivity (Wildman–Crippen MR) is 103 cm³/mol. The standard InChI is InChI=1S/C18H15ClIN3O/c19-17-15-14(16(24)11-4-3-5-12(20)8-11)9-23(13-6-1-2-7-13)18(15)22-10-21-17/h3-5,8-10,13H,1-2,6-7H2. The first kappa shape index (κ1) is 16.0. The summed E-state index contributed by atoms with van der Waals surface area (Å²) < 4.78 is 3.15. The highest BCUT2D eigenvalue weighted by molar-refractivity contribution is 14.1. The van der Waals surface area contributed by atoms with Gasteiger partial charge in [-0.05, 0) is 47.6 Å². The molecule has 0 unspecified atom stereocenters. The van der Waals surface area contributed by atoms with Crippen molar-refractivity contribution < 1.29 is 4.79 Å². The fraction of sp³-hybridized carbons (Fsp3) is 0.278. The maximum atomic E-state index is 13.1. The number of halogens is 2. The Morgan fingerprint density at radius 1 is 1.25 bits per heavy atom. The van der Waals surface area contributed by atoms with Crippen LogP contribution in [0.2, 0.25) is 5.15 Å². The second-order valence-corrected chi connectivity index (χ2v) is 7.69. The van der Waals surface area contributed by atoms with Gasteiger partial charge in [-0.2, -0.15) is 0 Å². The molecule has 0 aliphatic heterocycles. The van der Waals surface area contributed by atoms with Crippen molar-refractivity contribution in [3.05, 3.63) is 56.6 Å². The van der Waals surface area contributed by atoms with Crippen LogP contribution in [0.5, 0.6) is 0 Å². The van der Waals surface area contributed by atoms with E-state index in [-0.39, 0.29) is 5.78 Å². The number of carbonyl (C=O) groups is 1. The van der Waals surface area contributed by atoms with Crippen molar-refractivity contribution in [3.63, 3.8) is 0 Å². The first-order valence-corrected chi connectivity index (χ1v) is 9.42. The Morgan fingerprint density at radius 3 is 2.79 bits per heavy atom. The molecule has 0 radical (unpaired) electrons. The summed E-state index contributed by atoms with van der Waals surface area (Å²) in [5.41, 5.74) is 2.01. The van der Waals surface area contributed by atoms with Gasteiger partial charge in [0.15, 0.2) is 5.78 Å². The molecule has 1 aliphatic carbocycles. The molecule has 1 saturated carbocycles. The van der Waals surface area contributed by atoms with E-state index in [9.17, 15) is 4.79 Å². The largest absolute Gasteiger partial charge is 0.329 e. The van der Waals surface area contributed by atoms with Crippen molar-refractivity contribution in [2.45, 2.75) is 31.7 Å². The minimum Gasteiger partial charge on any atom is -0.329 e. The molecule has 6 heteroatoms. The summed E-state index contributed by atoms with van der Waals surface area (Å²) in [5, 5.41) is 1.00. The van der Waals surface area contributed by atoms with Crippen LogP contribution in [0.1, 0.15) is 47.6 Å². The number of ketones is 1. The lowest BCUT2D eigenvalue weighted by atomic mass is 10.0. The molecule has 0 amide bonds. The highest BCUT2D eigenvalue weighted by Crippen LogP contribution is 2.36. The van der Waals surface area contributed by atoms with Crippen LogP contribution < -0.4 is 0 Å². The Labute approximate surface area is 158 Å². The first-order chi connectivity index (χ1) is 11.6. The lowest BCUT2D eigenvalue weighted by Crippen LogP contribution is -2.04. The van der Waals surface area contributed by atoms with E-state index in [0.29, 0.717) is 27.7 Å². The zero-order valence-electron chi connectivity index (χ0n) is 12.9. The molecule has 1 aromatic carbocycles. The van der Waals surface area contributed by atoms with Gasteiger partial charge >= 0.3 is 0 Å². The molecule has 0 atom stereocenters. The normalized spacial score (nSPS) is 15.2. The molecule has 0 bridgehead atoms. The van der Waals surface area contributed by atoms with Crippen LogP contribution in [0.25, 0.3) is 11.0 Å². The minimum absolute atomic E-state index is 0.0352. The monoisotopic (exact) mass is 451 g/mol. The van der Waals surface area contributed by atoms with E-state index in [4.69, 9.17) is 11.6 Å². The van der Waals surface area contributed by atoms with Crippen molar-refractivity contribution in [2.75, 3.05) is 0 Å². The minimum atomic E-state index is -0.0352. The summed E-state index contributed by atoms with van der Waals surface area (Å²) in [7, 11) is 0. The van der Waals surface area contributed by atoms with Crippen LogP contribution in [0.3, 0.4) is 0 Å². The van der Waals surface area contributed by atoms with E-state index in [1.165, 1.54) is 19.2 Å². The molecule has 0 N–H and O–H groups in total. The Bertz CT molecular complexity index is 931. The van der Waals surface area contributed by atoms with Crippen molar-refractivity contribution in [3.8, 4) is 0 Å². The van der Waals surface area contributed by atoms with Gasteiger partial charge in [0, 0.05) is 21.4 Å². The number of rotatable bonds is 3. The number of hydrogen-bond acceptors (Lipinski definition) is 3. The summed E-state index contributed by atoms with van der Waals surface area (Å²) in [4.78, 5) is 21.6. The Morgan fingerprint density at radius 2 is 2.04 bits per heavy atom. The van der Waals surface area contributed by atoms with Crippen LogP contribution in [0, 0.1) is 3.57 Å². The lowest BCUT2D eigenvalue weighted by Gasteiger charge is -2.12. The van der Waals surface area contributed by atoms with E-state index in [0.717, 1.165) is 22.1 Å². The predicted octanol–water partition coefficient (Wildman–Crippen LogP) is 5.04. The Kier molecular flexibility index (Phi) is 4.30. The molecule has 122 valence electrons. The fourth-order valence-corrected chi connectivity index (χ4v) is 4.24. The van der Waals surface area contributed by atoms with Crippen LogP contribution in [0.15, 0.2) is 36.8 Å². The van der Waals surface area contributed by atoms with E-state index >= 15 is 0 Å². The second kappa shape index (κ2) is 6.44. The fourth-order valence-electron chi connectivity index (χ4n) is 3.47. The smallest absolute Gasteiger partial charge is 0.195 e. The van der Waals surface area contributed by atoms with Gasteiger partial charge in [0.25, 0.3) is 0 Å². The SMILES string of the molecule is O=C(c1cccc(I)c1)c1cn(C2CCCC2)c2ncnc(Cl)c12. The number of benzene rings is 1. The summed E-state index contributed by atoms with van der Waals surface area (Å²) in [6, 6.07) is 7.97. The number of nitrogens with zero attached hydrogens (tertiary/aromatic N) is 3. The van der Waals surface area contributed by atoms with Gasteiger partial charge in [-0.15, -0.1) is 0 Å². The summed E-state index contributed by atoms with van der Waals surface area (Å²) in [6.45, 7) is 0. The van der Waals surface area contributed by atoms with Gasteiger partial charge in [-0.3, -0.25) is 4.79 Å². The average Bonchev–Trinajstić information content (AvgIpc) is 3.22. The molecular formula is C18H15ClIN3O. The van der Waals surface area contributed by atoms with Crippen LogP contribution in [-0.2, 0) is 0 Å². The third-order valence-corrected chi connectivity index (χ3v) is 5.57. The Hall–Kier alpha value is -1.47. The van der Waals surface area contributed by atoms with E-state index in [1.54, 1.807) is 0 Å². The zero-order valence-corrected chi connectivity index (χ0v) is 15.8. The zero-order chi connectivity index (χ0) is 16.7. The maximum absolute atomic E-state index is 13.1. The topological polar surface area (TPSA) is 47.8 Å². The first-order valence-electron chi connectivity index (χ1n) is 7.96. The quantitative estimate of drug-likeness (QED) is 0.319. The molecule has 0 spiro atoms. The highest BCUT2D eigenvalue weighted by atomic mass is 127. The number of hydrogen-bond donors (Lipinski definition) is 0. The van der Waals surface area contributed by atoms with Crippen molar-refractivity contribution in [1.82, 2.24) is 14.5 Å². The molecule has 4 rings (SSSR count). The molecule has 4 nitrogen and oxygen atoms in total. The van der Waals surface area contributed by atoms with Crippen LogP contribution >= 0.6 is 34.2 Å². The van der Waals surface area contributed by atoms with Gasteiger partial charge in [-0.1, -0.05) is 36.6 Å². The van der Waals surface area contributed by atoms with Crippen molar-refractivity contribution in [2.24, 2.45) is 0 Å². The lowest BCUT2D eigenvalue weighted by molar-refractivity contribution is 0.104. The average molecular weight is 452 g/mol. The molecular weight excluding hydrogens is 437 g/mol. The summed E-state index contributed by atoms with van der Waals surface area (Å²) in [6.07, 6.45) is 8.04. The molecule has 2 heterocycles. The molecule has 3 aromatic rings. The van der Waals surface area contributed by atoms with Gasteiger partial charge in [0.1, 0.15) is 17.1 Å². The van der Waals surface area contributed by atoms with Crippen LogP contribution in [0.4, 0.5) is 0 Å². The van der Waals surface area contributed by atoms with E-state index in [1.807, 2.05) is 30.5 Å².